The molecule has 0 heterocycles. The van der Waals surface area contributed by atoms with Crippen LogP contribution in [0.2, 0.25) is 0 Å². The lowest BCUT2D eigenvalue weighted by atomic mass is 10.0. The van der Waals surface area contributed by atoms with E-state index in [2.05, 4.69) is 0 Å². The minimum atomic E-state index is -0.983. The quantitative estimate of drug-likeness (QED) is 0.676. The molecule has 0 spiro atoms. The molecular weight excluding hydrogens is 268 g/mol. The maximum Gasteiger partial charge on any atom is 0.336 e. The number of hydrogen-bond acceptors (Lipinski definition) is 3. The summed E-state index contributed by atoms with van der Waals surface area (Å²) in [5.41, 5.74) is 1.60. The van der Waals surface area contributed by atoms with E-state index in [1.807, 2.05) is 18.2 Å². The van der Waals surface area contributed by atoms with E-state index in [0.29, 0.717) is 17.1 Å². The summed E-state index contributed by atoms with van der Waals surface area (Å²) in [5.74, 6) is 0.385. The maximum atomic E-state index is 11.5. The first-order valence-electron chi connectivity index (χ1n) is 6.37. The molecule has 4 nitrogen and oxygen atoms in total. The molecule has 0 aliphatic rings. The van der Waals surface area contributed by atoms with Crippen LogP contribution in [0, 0.1) is 0 Å². The Morgan fingerprint density at radius 2 is 1.67 bits per heavy atom. The summed E-state index contributed by atoms with van der Waals surface area (Å²) in [6.45, 7) is 0. The molecule has 108 valence electrons. The molecule has 0 aromatic heterocycles. The second-order valence-corrected chi connectivity index (χ2v) is 4.37. The van der Waals surface area contributed by atoms with Crippen LogP contribution in [-0.2, 0) is 4.79 Å². The highest BCUT2D eigenvalue weighted by atomic mass is 16.5. The monoisotopic (exact) mass is 284 g/mol. The highest BCUT2D eigenvalue weighted by molar-refractivity contribution is 6.20. The molecule has 0 aliphatic carbocycles. The third-order valence-corrected chi connectivity index (χ3v) is 3.04. The van der Waals surface area contributed by atoms with E-state index in [0.717, 1.165) is 5.56 Å². The number of ether oxygens (including phenoxy) is 2. The summed E-state index contributed by atoms with van der Waals surface area (Å²) in [4.78, 5) is 11.5. The molecule has 2 rings (SSSR count). The molecule has 0 amide bonds. The maximum absolute atomic E-state index is 11.5. The van der Waals surface area contributed by atoms with Gasteiger partial charge in [-0.2, -0.15) is 0 Å². The average molecular weight is 284 g/mol. The zero-order valence-corrected chi connectivity index (χ0v) is 11.9. The second kappa shape index (κ2) is 6.61. The van der Waals surface area contributed by atoms with Crippen molar-refractivity contribution < 1.29 is 19.4 Å². The molecule has 4 heteroatoms. The minimum absolute atomic E-state index is 0.214. The molecule has 0 aliphatic heterocycles. The van der Waals surface area contributed by atoms with Crippen LogP contribution in [0.25, 0.3) is 11.6 Å². The van der Waals surface area contributed by atoms with Crippen LogP contribution in [0.3, 0.4) is 0 Å². The van der Waals surface area contributed by atoms with Crippen molar-refractivity contribution in [3.63, 3.8) is 0 Å². The van der Waals surface area contributed by atoms with Crippen LogP contribution < -0.4 is 9.47 Å². The van der Waals surface area contributed by atoms with Crippen LogP contribution in [0.1, 0.15) is 11.1 Å². The smallest absolute Gasteiger partial charge is 0.336 e. The lowest BCUT2D eigenvalue weighted by molar-refractivity contribution is -0.130. The van der Waals surface area contributed by atoms with Crippen molar-refractivity contribution in [2.45, 2.75) is 0 Å². The third-order valence-electron chi connectivity index (χ3n) is 3.04. The third kappa shape index (κ3) is 3.63. The van der Waals surface area contributed by atoms with Crippen LogP contribution >= 0.6 is 0 Å². The summed E-state index contributed by atoms with van der Waals surface area (Å²) >= 11 is 0. The standard InChI is InChI=1S/C17H16O4/c1-20-14-8-6-13(7-9-14)16(17(18)19)11-12-4-3-5-15(10-12)21-2/h3-11H,1-2H3,(H,18,19)/b16-11+. The topological polar surface area (TPSA) is 55.8 Å². The summed E-state index contributed by atoms with van der Waals surface area (Å²) in [7, 11) is 3.14. The fraction of sp³-hybridized carbons (Fsp3) is 0.118. The molecular formula is C17H16O4. The van der Waals surface area contributed by atoms with Gasteiger partial charge in [0.25, 0.3) is 0 Å². The number of carbonyl (C=O) groups is 1. The van der Waals surface area contributed by atoms with Gasteiger partial charge in [0.15, 0.2) is 0 Å². The fourth-order valence-corrected chi connectivity index (χ4v) is 1.94. The number of carboxylic acids is 1. The van der Waals surface area contributed by atoms with Crippen molar-refractivity contribution in [1.29, 1.82) is 0 Å². The highest BCUT2D eigenvalue weighted by Crippen LogP contribution is 2.23. The molecule has 0 bridgehead atoms. The number of rotatable bonds is 5. The second-order valence-electron chi connectivity index (χ2n) is 4.37. The Bertz CT molecular complexity index is 657. The summed E-state index contributed by atoms with van der Waals surface area (Å²) in [6, 6.07) is 14.2. The van der Waals surface area contributed by atoms with Crippen LogP contribution in [0.4, 0.5) is 0 Å². The SMILES string of the molecule is COc1ccc(/C(=C\c2cccc(OC)c2)C(=O)O)cc1. The molecule has 0 atom stereocenters. The van der Waals surface area contributed by atoms with Gasteiger partial charge in [0.2, 0.25) is 0 Å². The molecule has 0 unspecified atom stereocenters. The first-order valence-corrected chi connectivity index (χ1v) is 6.37. The van der Waals surface area contributed by atoms with E-state index in [-0.39, 0.29) is 5.57 Å². The van der Waals surface area contributed by atoms with Crippen molar-refractivity contribution in [2.75, 3.05) is 14.2 Å². The largest absolute Gasteiger partial charge is 0.497 e. The van der Waals surface area contributed by atoms with Gasteiger partial charge in [-0.1, -0.05) is 24.3 Å². The Kier molecular flexibility index (Phi) is 4.61. The lowest BCUT2D eigenvalue weighted by Gasteiger charge is -2.06. The van der Waals surface area contributed by atoms with E-state index < -0.39 is 5.97 Å². The summed E-state index contributed by atoms with van der Waals surface area (Å²) in [6.07, 6.45) is 1.62. The van der Waals surface area contributed by atoms with Crippen LogP contribution in [0.5, 0.6) is 11.5 Å². The number of methoxy groups -OCH3 is 2. The van der Waals surface area contributed by atoms with Gasteiger partial charge < -0.3 is 14.6 Å². The molecule has 0 saturated heterocycles. The average Bonchev–Trinajstić information content (AvgIpc) is 2.52. The van der Waals surface area contributed by atoms with E-state index in [4.69, 9.17) is 9.47 Å². The van der Waals surface area contributed by atoms with Crippen molar-refractivity contribution >= 4 is 17.6 Å². The zero-order chi connectivity index (χ0) is 15.2. The number of benzene rings is 2. The van der Waals surface area contributed by atoms with Gasteiger partial charge in [-0.05, 0) is 41.5 Å². The van der Waals surface area contributed by atoms with E-state index in [1.165, 1.54) is 0 Å². The highest BCUT2D eigenvalue weighted by Gasteiger charge is 2.10. The van der Waals surface area contributed by atoms with Gasteiger partial charge in [-0.15, -0.1) is 0 Å². The van der Waals surface area contributed by atoms with Gasteiger partial charge in [0, 0.05) is 0 Å². The van der Waals surface area contributed by atoms with Gasteiger partial charge in [0.05, 0.1) is 19.8 Å². The van der Waals surface area contributed by atoms with Crippen molar-refractivity contribution in [3.8, 4) is 11.5 Å². The van der Waals surface area contributed by atoms with Crippen molar-refractivity contribution in [1.82, 2.24) is 0 Å². The lowest BCUT2D eigenvalue weighted by Crippen LogP contribution is -1.99. The van der Waals surface area contributed by atoms with Gasteiger partial charge >= 0.3 is 5.97 Å². The molecule has 2 aromatic rings. The Morgan fingerprint density at radius 3 is 2.24 bits per heavy atom. The van der Waals surface area contributed by atoms with Crippen molar-refractivity contribution in [3.05, 3.63) is 59.7 Å². The Balaban J connectivity index is 2.41. The Labute approximate surface area is 123 Å². The van der Waals surface area contributed by atoms with Crippen molar-refractivity contribution in [2.24, 2.45) is 0 Å². The number of carboxylic acid groups (broad SMARTS) is 1. The normalized spacial score (nSPS) is 11.0. The molecule has 0 saturated carbocycles. The van der Waals surface area contributed by atoms with Gasteiger partial charge in [-0.3, -0.25) is 0 Å². The van der Waals surface area contributed by atoms with Crippen LogP contribution in [0.15, 0.2) is 48.5 Å². The summed E-state index contributed by atoms with van der Waals surface area (Å²) in [5, 5.41) is 9.41. The van der Waals surface area contributed by atoms with E-state index in [1.54, 1.807) is 50.6 Å². The van der Waals surface area contributed by atoms with E-state index in [9.17, 15) is 9.90 Å². The summed E-state index contributed by atoms with van der Waals surface area (Å²) < 4.78 is 10.2. The first-order chi connectivity index (χ1) is 10.1. The number of hydrogen-bond donors (Lipinski definition) is 1. The zero-order valence-electron chi connectivity index (χ0n) is 11.9. The Hall–Kier alpha value is -2.75. The molecule has 0 radical (unpaired) electrons. The molecule has 1 N–H and O–H groups in total. The Morgan fingerprint density at radius 1 is 1.00 bits per heavy atom. The fourth-order valence-electron chi connectivity index (χ4n) is 1.94. The van der Waals surface area contributed by atoms with Gasteiger partial charge in [0.1, 0.15) is 11.5 Å². The van der Waals surface area contributed by atoms with Crippen LogP contribution in [-0.4, -0.2) is 25.3 Å². The predicted octanol–water partition coefficient (Wildman–Crippen LogP) is 3.33. The molecule has 21 heavy (non-hydrogen) atoms. The van der Waals surface area contributed by atoms with E-state index >= 15 is 0 Å². The number of aliphatic carboxylic acids is 1. The minimum Gasteiger partial charge on any atom is -0.497 e. The molecule has 0 fully saturated rings. The first kappa shape index (κ1) is 14.7. The molecule has 2 aromatic carbocycles. The van der Waals surface area contributed by atoms with Gasteiger partial charge in [-0.25, -0.2) is 4.79 Å². The predicted molar refractivity (Wildman–Crippen MR) is 81.5 cm³/mol.